The number of unbranched alkanes of at least 4 members (excludes halogenated alkanes) is 3. The normalized spacial score (nSPS) is 10.5. The molecule has 0 fully saturated rings. The fourth-order valence-electron chi connectivity index (χ4n) is 2.50. The number of carbonyl (C=O) groups excluding carboxylic acids is 2. The minimum absolute atomic E-state index is 0.0644. The molecule has 6 heteroatoms. The van der Waals surface area contributed by atoms with Gasteiger partial charge in [-0.1, -0.05) is 54.2 Å². The number of hydrogen-bond acceptors (Lipinski definition) is 4. The van der Waals surface area contributed by atoms with E-state index < -0.39 is 5.97 Å². The van der Waals surface area contributed by atoms with E-state index in [2.05, 4.69) is 28.2 Å². The van der Waals surface area contributed by atoms with E-state index >= 15 is 0 Å². The predicted molar refractivity (Wildman–Crippen MR) is 106 cm³/mol. The maximum Gasteiger partial charge on any atom is 0.341 e. The van der Waals surface area contributed by atoms with Gasteiger partial charge in [0.2, 0.25) is 5.91 Å². The van der Waals surface area contributed by atoms with Gasteiger partial charge in [-0.25, -0.2) is 4.79 Å². The lowest BCUT2D eigenvalue weighted by Gasteiger charge is -2.08. The second-order valence-electron chi connectivity index (χ2n) is 5.71. The molecule has 1 heterocycles. The summed E-state index contributed by atoms with van der Waals surface area (Å²) in [5.74, 6) is -0.508. The van der Waals surface area contributed by atoms with Crippen LogP contribution in [0.15, 0.2) is 34.1 Å². The quantitative estimate of drug-likeness (QED) is 0.426. The van der Waals surface area contributed by atoms with Crippen LogP contribution in [-0.2, 0) is 9.53 Å². The van der Waals surface area contributed by atoms with E-state index in [0.717, 1.165) is 41.3 Å². The van der Waals surface area contributed by atoms with E-state index in [9.17, 15) is 9.59 Å². The fourth-order valence-corrected chi connectivity index (χ4v) is 3.74. The molecule has 0 aliphatic rings. The number of anilines is 1. The predicted octanol–water partition coefficient (Wildman–Crippen LogP) is 5.87. The molecule has 1 N–H and O–H groups in total. The van der Waals surface area contributed by atoms with Crippen LogP contribution in [0.3, 0.4) is 0 Å². The minimum atomic E-state index is -0.444. The number of nitrogens with one attached hydrogen (secondary N) is 1. The number of amides is 1. The number of carbonyl (C=O) groups is 2. The van der Waals surface area contributed by atoms with Crippen LogP contribution in [0.1, 0.15) is 49.4 Å². The summed E-state index contributed by atoms with van der Waals surface area (Å²) >= 11 is 4.75. The van der Waals surface area contributed by atoms with Crippen molar-refractivity contribution in [2.24, 2.45) is 0 Å². The van der Waals surface area contributed by atoms with E-state index in [4.69, 9.17) is 4.74 Å². The Bertz CT molecular complexity index is 725. The van der Waals surface area contributed by atoms with Crippen molar-refractivity contribution < 1.29 is 14.3 Å². The molecule has 0 atom stereocenters. The van der Waals surface area contributed by atoms with Crippen molar-refractivity contribution >= 4 is 44.1 Å². The first-order chi connectivity index (χ1) is 12.1. The summed E-state index contributed by atoms with van der Waals surface area (Å²) in [4.78, 5) is 24.4. The van der Waals surface area contributed by atoms with Crippen molar-refractivity contribution in [2.75, 3.05) is 12.4 Å². The SMILES string of the molecule is CCCCCCC(=O)Nc1scc(-c2ccc(Br)cc2)c1C(=O)OC. The van der Waals surface area contributed by atoms with Crippen LogP contribution in [0, 0.1) is 0 Å². The van der Waals surface area contributed by atoms with Gasteiger partial charge in [0, 0.05) is 21.8 Å². The van der Waals surface area contributed by atoms with Gasteiger partial charge in [0.1, 0.15) is 10.6 Å². The maximum absolute atomic E-state index is 12.3. The highest BCUT2D eigenvalue weighted by molar-refractivity contribution is 9.10. The first-order valence-corrected chi connectivity index (χ1v) is 9.99. The molecule has 0 unspecified atom stereocenters. The van der Waals surface area contributed by atoms with Crippen molar-refractivity contribution in [3.63, 3.8) is 0 Å². The Morgan fingerprint density at radius 1 is 1.16 bits per heavy atom. The third-order valence-electron chi connectivity index (χ3n) is 3.85. The van der Waals surface area contributed by atoms with E-state index in [-0.39, 0.29) is 5.91 Å². The van der Waals surface area contributed by atoms with Gasteiger partial charge in [0.15, 0.2) is 0 Å². The highest BCUT2D eigenvalue weighted by atomic mass is 79.9. The molecule has 0 radical (unpaired) electrons. The van der Waals surface area contributed by atoms with Gasteiger partial charge in [-0.15, -0.1) is 11.3 Å². The largest absolute Gasteiger partial charge is 0.465 e. The molecular weight excluding hydrogens is 402 g/mol. The molecule has 1 aromatic heterocycles. The number of methoxy groups -OCH3 is 1. The molecule has 4 nitrogen and oxygen atoms in total. The zero-order valence-corrected chi connectivity index (χ0v) is 16.8. The second-order valence-corrected chi connectivity index (χ2v) is 7.51. The van der Waals surface area contributed by atoms with E-state index in [1.807, 2.05) is 29.6 Å². The van der Waals surface area contributed by atoms with Crippen LogP contribution in [0.4, 0.5) is 5.00 Å². The zero-order valence-electron chi connectivity index (χ0n) is 14.4. The van der Waals surface area contributed by atoms with E-state index in [0.29, 0.717) is 17.0 Å². The molecule has 0 aliphatic heterocycles. The molecule has 0 saturated carbocycles. The molecule has 1 amide bonds. The van der Waals surface area contributed by atoms with Crippen LogP contribution < -0.4 is 5.32 Å². The average molecular weight is 424 g/mol. The Morgan fingerprint density at radius 2 is 1.88 bits per heavy atom. The van der Waals surface area contributed by atoms with Crippen molar-refractivity contribution in [1.29, 1.82) is 0 Å². The van der Waals surface area contributed by atoms with Crippen molar-refractivity contribution in [2.45, 2.75) is 39.0 Å². The summed E-state index contributed by atoms with van der Waals surface area (Å²) in [6, 6.07) is 7.68. The number of halogens is 1. The van der Waals surface area contributed by atoms with Crippen molar-refractivity contribution in [3.05, 3.63) is 39.7 Å². The molecule has 134 valence electrons. The topological polar surface area (TPSA) is 55.4 Å². The fraction of sp³-hybridized carbons (Fsp3) is 0.368. The van der Waals surface area contributed by atoms with Crippen molar-refractivity contribution in [3.8, 4) is 11.1 Å². The summed E-state index contributed by atoms with van der Waals surface area (Å²) in [7, 11) is 1.35. The molecule has 0 spiro atoms. The molecule has 2 rings (SSSR count). The highest BCUT2D eigenvalue weighted by Gasteiger charge is 2.22. The Morgan fingerprint density at radius 3 is 2.52 bits per heavy atom. The molecule has 0 saturated heterocycles. The van der Waals surface area contributed by atoms with Gasteiger partial charge < -0.3 is 10.1 Å². The van der Waals surface area contributed by atoms with Gasteiger partial charge in [-0.3, -0.25) is 4.79 Å². The van der Waals surface area contributed by atoms with Gasteiger partial charge in [-0.2, -0.15) is 0 Å². The summed E-state index contributed by atoms with van der Waals surface area (Å²) in [5.41, 5.74) is 2.09. The van der Waals surface area contributed by atoms with Crippen LogP contribution >= 0.6 is 27.3 Å². The van der Waals surface area contributed by atoms with Crippen LogP contribution in [0.2, 0.25) is 0 Å². The summed E-state index contributed by atoms with van der Waals surface area (Å²) < 4.78 is 5.89. The first-order valence-electron chi connectivity index (χ1n) is 8.32. The molecular formula is C19H22BrNO3S. The van der Waals surface area contributed by atoms with Gasteiger partial charge in [0.25, 0.3) is 0 Å². The van der Waals surface area contributed by atoms with Crippen molar-refractivity contribution in [1.82, 2.24) is 0 Å². The smallest absolute Gasteiger partial charge is 0.341 e. The van der Waals surface area contributed by atoms with E-state index in [1.165, 1.54) is 18.4 Å². The molecule has 25 heavy (non-hydrogen) atoms. The highest BCUT2D eigenvalue weighted by Crippen LogP contribution is 2.36. The Labute approximate surface area is 160 Å². The van der Waals surface area contributed by atoms with E-state index in [1.54, 1.807) is 0 Å². The summed E-state index contributed by atoms with van der Waals surface area (Å²) in [5, 5.41) is 5.30. The van der Waals surface area contributed by atoms with Gasteiger partial charge in [-0.05, 0) is 24.1 Å². The zero-order chi connectivity index (χ0) is 18.2. The lowest BCUT2D eigenvalue weighted by Crippen LogP contribution is -2.13. The molecule has 0 aliphatic carbocycles. The third-order valence-corrected chi connectivity index (χ3v) is 5.27. The number of esters is 1. The lowest BCUT2D eigenvalue weighted by molar-refractivity contribution is -0.116. The molecule has 1 aromatic carbocycles. The average Bonchev–Trinajstić information content (AvgIpc) is 3.02. The Balaban J connectivity index is 2.19. The standard InChI is InChI=1S/C19H22BrNO3S/c1-3-4-5-6-7-16(22)21-18-17(19(23)24-2)15(12-25-18)13-8-10-14(20)11-9-13/h8-12H,3-7H2,1-2H3,(H,21,22). The Kier molecular flexibility index (Phi) is 7.65. The summed E-state index contributed by atoms with van der Waals surface area (Å²) in [6.07, 6.45) is 4.63. The van der Waals surface area contributed by atoms with Gasteiger partial charge >= 0.3 is 5.97 Å². The van der Waals surface area contributed by atoms with Crippen LogP contribution in [0.5, 0.6) is 0 Å². The third kappa shape index (κ3) is 5.41. The minimum Gasteiger partial charge on any atom is -0.465 e. The van der Waals surface area contributed by atoms with Gasteiger partial charge in [0.05, 0.1) is 7.11 Å². The number of benzene rings is 1. The number of rotatable bonds is 8. The number of ether oxygens (including phenoxy) is 1. The Hall–Kier alpha value is -1.66. The lowest BCUT2D eigenvalue weighted by atomic mass is 10.0. The first kappa shape index (κ1) is 19.7. The number of hydrogen-bond donors (Lipinski definition) is 1. The van der Waals surface area contributed by atoms with Crippen LogP contribution in [-0.4, -0.2) is 19.0 Å². The number of thiophene rings is 1. The molecule has 2 aromatic rings. The van der Waals surface area contributed by atoms with Crippen LogP contribution in [0.25, 0.3) is 11.1 Å². The second kappa shape index (κ2) is 9.73. The maximum atomic E-state index is 12.3. The summed E-state index contributed by atoms with van der Waals surface area (Å²) in [6.45, 7) is 2.14. The molecule has 0 bridgehead atoms. The monoisotopic (exact) mass is 423 g/mol.